The topological polar surface area (TPSA) is 89.3 Å². The summed E-state index contributed by atoms with van der Waals surface area (Å²) in [5, 5.41) is 2.66. The van der Waals surface area contributed by atoms with Crippen LogP contribution in [-0.4, -0.2) is 38.9 Å². The standard InChI is InChI=1S/C10H20N2O3S.ClH/c1-16(14,15)6-5-12-10(13)8-3-2-4-9(11)7-8;/h8-9H,2-7,11H2,1H3,(H,12,13);1H. The lowest BCUT2D eigenvalue weighted by atomic mass is 9.85. The number of sulfone groups is 1. The van der Waals surface area contributed by atoms with Crippen LogP contribution in [0.3, 0.4) is 0 Å². The molecule has 0 aromatic rings. The number of amides is 1. The average molecular weight is 285 g/mol. The highest BCUT2D eigenvalue weighted by molar-refractivity contribution is 7.90. The molecule has 0 spiro atoms. The Balaban J connectivity index is 0.00000256. The molecule has 5 nitrogen and oxygen atoms in total. The van der Waals surface area contributed by atoms with Gasteiger partial charge < -0.3 is 11.1 Å². The van der Waals surface area contributed by atoms with Gasteiger partial charge in [0, 0.05) is 24.8 Å². The van der Waals surface area contributed by atoms with Crippen LogP contribution in [0.2, 0.25) is 0 Å². The fourth-order valence-electron chi connectivity index (χ4n) is 1.97. The fraction of sp³-hybridized carbons (Fsp3) is 0.900. The maximum Gasteiger partial charge on any atom is 0.223 e. The smallest absolute Gasteiger partial charge is 0.223 e. The highest BCUT2D eigenvalue weighted by Gasteiger charge is 2.24. The van der Waals surface area contributed by atoms with E-state index in [0.29, 0.717) is 6.42 Å². The summed E-state index contributed by atoms with van der Waals surface area (Å²) in [6.07, 6.45) is 4.69. The second-order valence-corrected chi connectivity index (χ2v) is 6.80. The molecule has 7 heteroatoms. The summed E-state index contributed by atoms with van der Waals surface area (Å²) < 4.78 is 21.7. The Hall–Kier alpha value is -0.330. The Morgan fingerprint density at radius 2 is 2.06 bits per heavy atom. The lowest BCUT2D eigenvalue weighted by molar-refractivity contribution is -0.125. The first-order valence-corrected chi connectivity index (χ1v) is 7.65. The van der Waals surface area contributed by atoms with Gasteiger partial charge in [0.25, 0.3) is 0 Å². The van der Waals surface area contributed by atoms with E-state index >= 15 is 0 Å². The Labute approximate surface area is 109 Å². The van der Waals surface area contributed by atoms with Gasteiger partial charge >= 0.3 is 0 Å². The second-order valence-electron chi connectivity index (χ2n) is 4.54. The van der Waals surface area contributed by atoms with Crippen LogP contribution in [0.25, 0.3) is 0 Å². The summed E-state index contributed by atoms with van der Waals surface area (Å²) in [5.41, 5.74) is 5.78. The molecule has 1 aliphatic rings. The molecule has 3 N–H and O–H groups in total. The zero-order valence-electron chi connectivity index (χ0n) is 10.0. The summed E-state index contributed by atoms with van der Waals surface area (Å²) in [4.78, 5) is 11.7. The van der Waals surface area contributed by atoms with Gasteiger partial charge in [-0.2, -0.15) is 0 Å². The first-order valence-electron chi connectivity index (χ1n) is 5.59. The number of nitrogens with two attached hydrogens (primary N) is 1. The SMILES string of the molecule is CS(=O)(=O)CCNC(=O)C1CCCC(N)C1.Cl. The number of hydrogen-bond donors (Lipinski definition) is 2. The molecule has 1 rings (SSSR count). The van der Waals surface area contributed by atoms with E-state index < -0.39 is 9.84 Å². The largest absolute Gasteiger partial charge is 0.355 e. The van der Waals surface area contributed by atoms with Crippen LogP contribution in [0.5, 0.6) is 0 Å². The van der Waals surface area contributed by atoms with E-state index in [-0.39, 0.29) is 42.6 Å². The van der Waals surface area contributed by atoms with Crippen molar-refractivity contribution in [1.29, 1.82) is 0 Å². The van der Waals surface area contributed by atoms with Gasteiger partial charge in [-0.1, -0.05) is 6.42 Å². The summed E-state index contributed by atoms with van der Waals surface area (Å²) in [6.45, 7) is 0.198. The van der Waals surface area contributed by atoms with Crippen molar-refractivity contribution in [2.24, 2.45) is 11.7 Å². The zero-order valence-corrected chi connectivity index (χ0v) is 11.6. The van der Waals surface area contributed by atoms with E-state index in [1.807, 2.05) is 0 Å². The molecule has 1 amide bonds. The number of rotatable bonds is 4. The van der Waals surface area contributed by atoms with Crippen molar-refractivity contribution in [3.05, 3.63) is 0 Å². The van der Waals surface area contributed by atoms with Crippen LogP contribution >= 0.6 is 12.4 Å². The van der Waals surface area contributed by atoms with E-state index in [1.54, 1.807) is 0 Å². The van der Waals surface area contributed by atoms with Crippen LogP contribution in [0.1, 0.15) is 25.7 Å². The normalized spacial score (nSPS) is 24.8. The molecule has 0 saturated heterocycles. The van der Waals surface area contributed by atoms with Crippen molar-refractivity contribution >= 4 is 28.2 Å². The molecule has 0 radical (unpaired) electrons. The molecular formula is C10H21ClN2O3S. The lowest BCUT2D eigenvalue weighted by Gasteiger charge is -2.25. The monoisotopic (exact) mass is 284 g/mol. The number of hydrogen-bond acceptors (Lipinski definition) is 4. The summed E-state index contributed by atoms with van der Waals surface area (Å²) >= 11 is 0. The molecule has 0 heterocycles. The van der Waals surface area contributed by atoms with E-state index in [4.69, 9.17) is 5.73 Å². The maximum absolute atomic E-state index is 11.7. The van der Waals surface area contributed by atoms with Crippen molar-refractivity contribution in [3.63, 3.8) is 0 Å². The van der Waals surface area contributed by atoms with Crippen molar-refractivity contribution in [1.82, 2.24) is 5.32 Å². The molecular weight excluding hydrogens is 264 g/mol. The highest BCUT2D eigenvalue weighted by Crippen LogP contribution is 2.22. The maximum atomic E-state index is 11.7. The Morgan fingerprint density at radius 1 is 1.41 bits per heavy atom. The number of halogens is 1. The number of carbonyl (C=O) groups is 1. The summed E-state index contributed by atoms with van der Waals surface area (Å²) in [5.74, 6) is -0.0977. The molecule has 0 aromatic carbocycles. The Morgan fingerprint density at radius 3 is 2.59 bits per heavy atom. The van der Waals surface area contributed by atoms with Crippen molar-refractivity contribution in [2.45, 2.75) is 31.7 Å². The summed E-state index contributed by atoms with van der Waals surface area (Å²) in [6, 6.07) is 0.111. The van der Waals surface area contributed by atoms with Crippen LogP contribution < -0.4 is 11.1 Å². The third kappa shape index (κ3) is 6.85. The van der Waals surface area contributed by atoms with E-state index in [9.17, 15) is 13.2 Å². The minimum Gasteiger partial charge on any atom is -0.355 e. The second kappa shape index (κ2) is 7.18. The van der Waals surface area contributed by atoms with Crippen LogP contribution in [0.4, 0.5) is 0 Å². The van der Waals surface area contributed by atoms with Gasteiger partial charge in [-0.15, -0.1) is 12.4 Å². The van der Waals surface area contributed by atoms with Crippen LogP contribution in [-0.2, 0) is 14.6 Å². The third-order valence-corrected chi connectivity index (χ3v) is 3.80. The molecule has 2 atom stereocenters. The number of nitrogens with one attached hydrogen (secondary N) is 1. The molecule has 1 fully saturated rings. The Bertz CT molecular complexity index is 345. The minimum absolute atomic E-state index is 0. The first kappa shape index (κ1) is 16.7. The zero-order chi connectivity index (χ0) is 12.2. The van der Waals surface area contributed by atoms with Gasteiger partial charge in [0.05, 0.1) is 5.75 Å². The number of carbonyl (C=O) groups excluding carboxylic acids is 1. The predicted molar refractivity (Wildman–Crippen MR) is 69.9 cm³/mol. The predicted octanol–water partition coefficient (Wildman–Crippen LogP) is 0.0865. The minimum atomic E-state index is -3.00. The highest BCUT2D eigenvalue weighted by atomic mass is 35.5. The van der Waals surface area contributed by atoms with E-state index in [2.05, 4.69) is 5.32 Å². The summed E-state index contributed by atoms with van der Waals surface area (Å²) in [7, 11) is -3.00. The molecule has 1 aliphatic carbocycles. The van der Waals surface area contributed by atoms with Crippen LogP contribution in [0.15, 0.2) is 0 Å². The molecule has 0 bridgehead atoms. The molecule has 0 aromatic heterocycles. The third-order valence-electron chi connectivity index (χ3n) is 2.86. The van der Waals surface area contributed by atoms with Gasteiger partial charge in [0.2, 0.25) is 5.91 Å². The quantitative estimate of drug-likeness (QED) is 0.765. The van der Waals surface area contributed by atoms with E-state index in [1.165, 1.54) is 0 Å². The molecule has 102 valence electrons. The average Bonchev–Trinajstić information content (AvgIpc) is 2.15. The van der Waals surface area contributed by atoms with Crippen LogP contribution in [0, 0.1) is 5.92 Å². The van der Waals surface area contributed by atoms with Crippen molar-refractivity contribution in [3.8, 4) is 0 Å². The van der Waals surface area contributed by atoms with Crippen molar-refractivity contribution < 1.29 is 13.2 Å². The van der Waals surface area contributed by atoms with Crippen molar-refractivity contribution in [2.75, 3.05) is 18.6 Å². The van der Waals surface area contributed by atoms with Gasteiger partial charge in [0.1, 0.15) is 9.84 Å². The fourth-order valence-corrected chi connectivity index (χ4v) is 2.44. The molecule has 2 unspecified atom stereocenters. The van der Waals surface area contributed by atoms with Gasteiger partial charge in [-0.3, -0.25) is 4.79 Å². The van der Waals surface area contributed by atoms with Gasteiger partial charge in [0.15, 0.2) is 0 Å². The first-order chi connectivity index (χ1) is 7.38. The lowest BCUT2D eigenvalue weighted by Crippen LogP contribution is -2.39. The van der Waals surface area contributed by atoms with Gasteiger partial charge in [-0.25, -0.2) is 8.42 Å². The molecule has 0 aliphatic heterocycles. The Kier molecular flexibility index (Phi) is 7.04. The van der Waals surface area contributed by atoms with E-state index in [0.717, 1.165) is 25.5 Å². The molecule has 17 heavy (non-hydrogen) atoms. The molecule has 1 saturated carbocycles. The van der Waals surface area contributed by atoms with Gasteiger partial charge in [-0.05, 0) is 19.3 Å².